The quantitative estimate of drug-likeness (QED) is 0.731. The number of hydrogen-bond donors (Lipinski definition) is 0. The molecule has 2 aromatic rings. The normalized spacial score (nSPS) is 10.4. The van der Waals surface area contributed by atoms with Crippen molar-refractivity contribution in [2.75, 3.05) is 7.11 Å². The number of imidazole rings is 1. The lowest BCUT2D eigenvalue weighted by atomic mass is 10.4. The van der Waals surface area contributed by atoms with Crippen LogP contribution in [-0.2, 0) is 4.74 Å². The number of pyridine rings is 1. The van der Waals surface area contributed by atoms with Gasteiger partial charge in [-0.05, 0) is 28.1 Å². The first kappa shape index (κ1) is 9.21. The van der Waals surface area contributed by atoms with Crippen LogP contribution in [0, 0.1) is 0 Å². The van der Waals surface area contributed by atoms with Crippen molar-refractivity contribution < 1.29 is 9.53 Å². The molecule has 0 unspecified atom stereocenters. The summed E-state index contributed by atoms with van der Waals surface area (Å²) >= 11 is 3.28. The highest BCUT2D eigenvalue weighted by atomic mass is 79.9. The minimum atomic E-state index is -0.447. The Hall–Kier alpha value is -1.36. The average Bonchev–Trinajstić information content (AvgIpc) is 2.56. The molecule has 0 saturated heterocycles. The zero-order valence-electron chi connectivity index (χ0n) is 7.40. The van der Waals surface area contributed by atoms with Crippen LogP contribution < -0.4 is 0 Å². The van der Waals surface area contributed by atoms with Crippen molar-refractivity contribution in [3.63, 3.8) is 0 Å². The van der Waals surface area contributed by atoms with Gasteiger partial charge in [-0.3, -0.25) is 4.40 Å². The lowest BCUT2D eigenvalue weighted by Crippen LogP contribution is -2.06. The van der Waals surface area contributed by atoms with Gasteiger partial charge in [-0.25, -0.2) is 9.78 Å². The van der Waals surface area contributed by atoms with Crippen LogP contribution in [0.1, 0.15) is 10.6 Å². The third kappa shape index (κ3) is 1.29. The summed E-state index contributed by atoms with van der Waals surface area (Å²) in [5.74, 6) is -0.174. The molecule has 0 aliphatic heterocycles. The Morgan fingerprint density at radius 3 is 3.07 bits per heavy atom. The lowest BCUT2D eigenvalue weighted by molar-refractivity contribution is 0.0586. The average molecular weight is 255 g/mol. The summed E-state index contributed by atoms with van der Waals surface area (Å²) in [6.45, 7) is 0. The number of halogens is 1. The molecule has 0 bridgehead atoms. The van der Waals surface area contributed by atoms with E-state index in [0.717, 1.165) is 5.52 Å². The molecular formula is C9H7BrN2O2. The molecule has 0 aliphatic rings. The Bertz CT molecular complexity index is 493. The van der Waals surface area contributed by atoms with Gasteiger partial charge < -0.3 is 4.74 Å². The van der Waals surface area contributed by atoms with Gasteiger partial charge in [-0.1, -0.05) is 6.07 Å². The summed E-state index contributed by atoms with van der Waals surface area (Å²) in [5.41, 5.74) is 0.841. The van der Waals surface area contributed by atoms with Crippen LogP contribution in [0.5, 0.6) is 0 Å². The lowest BCUT2D eigenvalue weighted by Gasteiger charge is -1.97. The number of hydrogen-bond acceptors (Lipinski definition) is 3. The summed E-state index contributed by atoms with van der Waals surface area (Å²) in [6, 6.07) is 5.57. The van der Waals surface area contributed by atoms with Crippen LogP contribution in [0.4, 0.5) is 0 Å². The van der Waals surface area contributed by atoms with Gasteiger partial charge in [-0.15, -0.1) is 0 Å². The van der Waals surface area contributed by atoms with E-state index in [1.807, 2.05) is 18.2 Å². The van der Waals surface area contributed by atoms with E-state index in [4.69, 9.17) is 0 Å². The number of rotatable bonds is 1. The molecule has 0 atom stereocenters. The topological polar surface area (TPSA) is 43.6 Å². The zero-order valence-corrected chi connectivity index (χ0v) is 8.98. The highest BCUT2D eigenvalue weighted by molar-refractivity contribution is 9.10. The van der Waals surface area contributed by atoms with Gasteiger partial charge in [0.25, 0.3) is 0 Å². The maximum Gasteiger partial charge on any atom is 0.374 e. The number of nitrogens with zero attached hydrogens (tertiary/aromatic N) is 2. The fraction of sp³-hybridized carbons (Fsp3) is 0.111. The van der Waals surface area contributed by atoms with E-state index in [1.54, 1.807) is 10.6 Å². The molecule has 72 valence electrons. The second kappa shape index (κ2) is 3.42. The molecule has 2 aromatic heterocycles. The Balaban J connectivity index is 2.72. The number of carbonyl (C=O) groups excluding carboxylic acids is 1. The van der Waals surface area contributed by atoms with Gasteiger partial charge in [0.1, 0.15) is 4.60 Å². The molecular weight excluding hydrogens is 248 g/mol. The van der Waals surface area contributed by atoms with Crippen molar-refractivity contribution in [3.8, 4) is 0 Å². The van der Waals surface area contributed by atoms with Crippen molar-refractivity contribution in [1.29, 1.82) is 0 Å². The fourth-order valence-electron chi connectivity index (χ4n) is 1.24. The third-order valence-electron chi connectivity index (χ3n) is 1.87. The summed E-state index contributed by atoms with van der Waals surface area (Å²) in [5, 5.41) is 0. The van der Waals surface area contributed by atoms with Crippen molar-refractivity contribution in [2.45, 2.75) is 0 Å². The van der Waals surface area contributed by atoms with Crippen LogP contribution in [0.3, 0.4) is 0 Å². The fourth-order valence-corrected chi connectivity index (χ4v) is 1.73. The predicted molar refractivity (Wildman–Crippen MR) is 54.2 cm³/mol. The number of fused-ring (bicyclic) bond motifs is 1. The Labute approximate surface area is 88.6 Å². The molecule has 2 heterocycles. The standard InChI is InChI=1S/C9H7BrN2O2/c1-14-9(13)8-11-7(10)6-4-2-3-5-12(6)8/h2-5H,1H3. The molecule has 0 aliphatic carbocycles. The molecule has 0 N–H and O–H groups in total. The van der Waals surface area contributed by atoms with E-state index >= 15 is 0 Å². The predicted octanol–water partition coefficient (Wildman–Crippen LogP) is 1.88. The molecule has 0 spiro atoms. The molecule has 5 heteroatoms. The third-order valence-corrected chi connectivity index (χ3v) is 2.46. The Morgan fingerprint density at radius 2 is 2.36 bits per heavy atom. The number of ether oxygens (including phenoxy) is 1. The first-order valence-electron chi connectivity index (χ1n) is 3.95. The number of methoxy groups -OCH3 is 1. The summed E-state index contributed by atoms with van der Waals surface area (Å²) < 4.78 is 6.93. The summed E-state index contributed by atoms with van der Waals surface area (Å²) in [6.07, 6.45) is 1.76. The second-order valence-corrected chi connectivity index (χ2v) is 3.42. The van der Waals surface area contributed by atoms with Crippen LogP contribution in [0.15, 0.2) is 29.0 Å². The highest BCUT2D eigenvalue weighted by Gasteiger charge is 2.15. The van der Waals surface area contributed by atoms with E-state index in [9.17, 15) is 4.79 Å². The Kier molecular flexibility index (Phi) is 2.25. The van der Waals surface area contributed by atoms with Crippen LogP contribution in [0.25, 0.3) is 5.52 Å². The Morgan fingerprint density at radius 1 is 1.57 bits per heavy atom. The van der Waals surface area contributed by atoms with Crippen molar-refractivity contribution >= 4 is 27.4 Å². The number of carbonyl (C=O) groups is 1. The van der Waals surface area contributed by atoms with Crippen LogP contribution in [0.2, 0.25) is 0 Å². The van der Waals surface area contributed by atoms with Crippen LogP contribution >= 0.6 is 15.9 Å². The van der Waals surface area contributed by atoms with E-state index in [0.29, 0.717) is 4.60 Å². The smallest absolute Gasteiger partial charge is 0.374 e. The number of aromatic nitrogens is 2. The van der Waals surface area contributed by atoms with E-state index in [1.165, 1.54) is 7.11 Å². The number of esters is 1. The minimum Gasteiger partial charge on any atom is -0.463 e. The van der Waals surface area contributed by atoms with Crippen LogP contribution in [-0.4, -0.2) is 22.5 Å². The monoisotopic (exact) mass is 254 g/mol. The first-order valence-corrected chi connectivity index (χ1v) is 4.74. The molecule has 0 amide bonds. The van der Waals surface area contributed by atoms with Crippen molar-refractivity contribution in [3.05, 3.63) is 34.8 Å². The second-order valence-electron chi connectivity index (χ2n) is 2.67. The van der Waals surface area contributed by atoms with Gasteiger partial charge in [0.05, 0.1) is 12.6 Å². The van der Waals surface area contributed by atoms with Gasteiger partial charge in [0, 0.05) is 6.20 Å². The maximum atomic E-state index is 11.3. The SMILES string of the molecule is COC(=O)c1nc(Br)c2ccccn12. The van der Waals surface area contributed by atoms with Gasteiger partial charge in [0.15, 0.2) is 0 Å². The molecule has 0 saturated carbocycles. The molecule has 2 rings (SSSR count). The summed E-state index contributed by atoms with van der Waals surface area (Å²) in [4.78, 5) is 15.4. The largest absolute Gasteiger partial charge is 0.463 e. The van der Waals surface area contributed by atoms with Gasteiger partial charge in [0.2, 0.25) is 5.82 Å². The van der Waals surface area contributed by atoms with E-state index < -0.39 is 5.97 Å². The molecule has 0 radical (unpaired) electrons. The van der Waals surface area contributed by atoms with E-state index in [2.05, 4.69) is 25.7 Å². The molecule has 4 nitrogen and oxygen atoms in total. The zero-order chi connectivity index (χ0) is 10.1. The molecule has 0 fully saturated rings. The first-order chi connectivity index (χ1) is 6.74. The van der Waals surface area contributed by atoms with Crippen molar-refractivity contribution in [1.82, 2.24) is 9.38 Å². The maximum absolute atomic E-state index is 11.3. The van der Waals surface area contributed by atoms with E-state index in [-0.39, 0.29) is 5.82 Å². The van der Waals surface area contributed by atoms with Crippen molar-refractivity contribution in [2.24, 2.45) is 0 Å². The highest BCUT2D eigenvalue weighted by Crippen LogP contribution is 2.18. The molecule has 0 aromatic carbocycles. The van der Waals surface area contributed by atoms with Gasteiger partial charge in [-0.2, -0.15) is 0 Å². The van der Waals surface area contributed by atoms with Gasteiger partial charge >= 0.3 is 5.97 Å². The summed E-state index contributed by atoms with van der Waals surface area (Å²) in [7, 11) is 1.33. The molecule has 14 heavy (non-hydrogen) atoms. The minimum absolute atomic E-state index is 0.273.